The zero-order valence-corrected chi connectivity index (χ0v) is 15.0. The van der Waals surface area contributed by atoms with Crippen molar-refractivity contribution < 1.29 is 19.5 Å². The normalized spacial score (nSPS) is 16.4. The fourth-order valence-electron chi connectivity index (χ4n) is 3.33. The molecule has 1 atom stereocenters. The Bertz CT molecular complexity index is 807. The smallest absolute Gasteiger partial charge is 0.323 e. The van der Waals surface area contributed by atoms with Crippen LogP contribution in [0.25, 0.3) is 0 Å². The van der Waals surface area contributed by atoms with Crippen LogP contribution < -0.4 is 0 Å². The number of amides is 2. The summed E-state index contributed by atoms with van der Waals surface area (Å²) in [5.41, 5.74) is 1.86. The molecule has 1 fully saturated rings. The van der Waals surface area contributed by atoms with Gasteiger partial charge in [-0.25, -0.2) is 0 Å². The summed E-state index contributed by atoms with van der Waals surface area (Å²) in [5.74, 6) is -1.94. The third-order valence-corrected chi connectivity index (χ3v) is 4.63. The van der Waals surface area contributed by atoms with Crippen LogP contribution in [0.15, 0.2) is 60.7 Å². The third-order valence-electron chi connectivity index (χ3n) is 4.63. The average Bonchev–Trinajstić information content (AvgIpc) is 3.02. The van der Waals surface area contributed by atoms with Crippen LogP contribution in [0.5, 0.6) is 0 Å². The maximum absolute atomic E-state index is 12.9. The van der Waals surface area contributed by atoms with Crippen LogP contribution in [0.4, 0.5) is 0 Å². The summed E-state index contributed by atoms with van der Waals surface area (Å²) < 4.78 is 0. The number of carboxylic acids is 1. The van der Waals surface area contributed by atoms with Crippen molar-refractivity contribution in [3.63, 3.8) is 0 Å². The highest BCUT2D eigenvalue weighted by Crippen LogP contribution is 2.23. The number of carboxylic acid groups (broad SMARTS) is 1. The number of benzene rings is 2. The van der Waals surface area contributed by atoms with Crippen LogP contribution in [-0.2, 0) is 27.5 Å². The molecule has 0 aromatic heterocycles. The van der Waals surface area contributed by atoms with Gasteiger partial charge in [0.15, 0.2) is 0 Å². The molecule has 0 spiro atoms. The Morgan fingerprint density at radius 2 is 1.59 bits per heavy atom. The van der Waals surface area contributed by atoms with Crippen molar-refractivity contribution in [2.24, 2.45) is 5.92 Å². The number of carbonyl (C=O) groups excluding carboxylic acids is 2. The zero-order chi connectivity index (χ0) is 19.2. The highest BCUT2D eigenvalue weighted by molar-refractivity contribution is 5.90. The lowest BCUT2D eigenvalue weighted by molar-refractivity contribution is -0.146. The molecule has 27 heavy (non-hydrogen) atoms. The monoisotopic (exact) mass is 366 g/mol. The standard InChI is InChI=1S/C21H22N2O4/c24-19-11-18(14-22(19)12-16-7-3-1-4-8-16)21(27)23(15-20(25)26)13-17-9-5-2-6-10-17/h1-10,18H,11-15H2,(H,25,26). The average molecular weight is 366 g/mol. The predicted molar refractivity (Wildman–Crippen MR) is 99.5 cm³/mol. The number of carbonyl (C=O) groups is 3. The van der Waals surface area contributed by atoms with Gasteiger partial charge in [-0.2, -0.15) is 0 Å². The van der Waals surface area contributed by atoms with Crippen LogP contribution in [-0.4, -0.2) is 45.8 Å². The Hall–Kier alpha value is -3.15. The molecule has 2 aromatic carbocycles. The van der Waals surface area contributed by atoms with Crippen molar-refractivity contribution in [3.05, 3.63) is 71.8 Å². The SMILES string of the molecule is O=C(O)CN(Cc1ccccc1)C(=O)C1CC(=O)N(Cc2ccccc2)C1. The van der Waals surface area contributed by atoms with E-state index in [1.54, 1.807) is 4.90 Å². The molecule has 6 heteroatoms. The lowest BCUT2D eigenvalue weighted by atomic mass is 10.1. The third kappa shape index (κ3) is 4.94. The fourth-order valence-corrected chi connectivity index (χ4v) is 3.33. The van der Waals surface area contributed by atoms with Gasteiger partial charge in [-0.15, -0.1) is 0 Å². The molecule has 1 N–H and O–H groups in total. The Balaban J connectivity index is 1.68. The number of hydrogen-bond acceptors (Lipinski definition) is 3. The molecule has 2 aromatic rings. The van der Waals surface area contributed by atoms with E-state index in [1.165, 1.54) is 4.90 Å². The number of hydrogen-bond donors (Lipinski definition) is 1. The first-order valence-electron chi connectivity index (χ1n) is 8.89. The van der Waals surface area contributed by atoms with Gasteiger partial charge in [-0.05, 0) is 11.1 Å². The van der Waals surface area contributed by atoms with E-state index in [1.807, 2.05) is 60.7 Å². The first-order chi connectivity index (χ1) is 13.0. The summed E-state index contributed by atoms with van der Waals surface area (Å²) in [6.07, 6.45) is 0.122. The fraction of sp³-hybridized carbons (Fsp3) is 0.286. The quantitative estimate of drug-likeness (QED) is 0.814. The second kappa shape index (κ2) is 8.49. The lowest BCUT2D eigenvalue weighted by Gasteiger charge is -2.24. The van der Waals surface area contributed by atoms with E-state index in [-0.39, 0.29) is 31.3 Å². The van der Waals surface area contributed by atoms with E-state index in [9.17, 15) is 19.5 Å². The lowest BCUT2D eigenvalue weighted by Crippen LogP contribution is -2.40. The van der Waals surface area contributed by atoms with E-state index < -0.39 is 11.9 Å². The number of aliphatic carboxylic acids is 1. The molecule has 1 aliphatic rings. The molecule has 140 valence electrons. The molecule has 0 saturated carbocycles. The minimum Gasteiger partial charge on any atom is -0.480 e. The summed E-state index contributed by atoms with van der Waals surface area (Å²) in [4.78, 5) is 39.5. The molecule has 3 rings (SSSR count). The van der Waals surface area contributed by atoms with Crippen LogP contribution in [0.3, 0.4) is 0 Å². The molecule has 2 amide bonds. The van der Waals surface area contributed by atoms with Gasteiger partial charge < -0.3 is 14.9 Å². The molecular formula is C21H22N2O4. The second-order valence-corrected chi connectivity index (χ2v) is 6.73. The molecule has 1 unspecified atom stereocenters. The van der Waals surface area contributed by atoms with Crippen molar-refractivity contribution in [3.8, 4) is 0 Å². The Labute approximate surface area is 158 Å². The minimum absolute atomic E-state index is 0.0767. The first kappa shape index (κ1) is 18.6. The van der Waals surface area contributed by atoms with Gasteiger partial charge in [-0.1, -0.05) is 60.7 Å². The highest BCUT2D eigenvalue weighted by atomic mass is 16.4. The largest absolute Gasteiger partial charge is 0.480 e. The summed E-state index contributed by atoms with van der Waals surface area (Å²) in [6.45, 7) is 0.616. The van der Waals surface area contributed by atoms with Gasteiger partial charge in [0.2, 0.25) is 11.8 Å². The molecule has 6 nitrogen and oxygen atoms in total. The van der Waals surface area contributed by atoms with Crippen molar-refractivity contribution >= 4 is 17.8 Å². The summed E-state index contributed by atoms with van der Waals surface area (Å²) in [7, 11) is 0. The Morgan fingerprint density at radius 1 is 1.00 bits per heavy atom. The van der Waals surface area contributed by atoms with Crippen LogP contribution >= 0.6 is 0 Å². The van der Waals surface area contributed by atoms with Crippen molar-refractivity contribution in [1.82, 2.24) is 9.80 Å². The topological polar surface area (TPSA) is 77.9 Å². The van der Waals surface area contributed by atoms with Gasteiger partial charge >= 0.3 is 5.97 Å². The molecular weight excluding hydrogens is 344 g/mol. The Morgan fingerprint density at radius 3 is 2.19 bits per heavy atom. The second-order valence-electron chi connectivity index (χ2n) is 6.73. The van der Waals surface area contributed by atoms with Crippen LogP contribution in [0, 0.1) is 5.92 Å². The number of nitrogens with zero attached hydrogens (tertiary/aromatic N) is 2. The van der Waals surface area contributed by atoms with Crippen molar-refractivity contribution in [2.75, 3.05) is 13.1 Å². The molecule has 1 aliphatic heterocycles. The van der Waals surface area contributed by atoms with E-state index in [0.717, 1.165) is 11.1 Å². The first-order valence-corrected chi connectivity index (χ1v) is 8.89. The van der Waals surface area contributed by atoms with Gasteiger partial charge in [0.1, 0.15) is 6.54 Å². The van der Waals surface area contributed by atoms with Crippen molar-refractivity contribution in [2.45, 2.75) is 19.5 Å². The maximum atomic E-state index is 12.9. The van der Waals surface area contributed by atoms with E-state index in [4.69, 9.17) is 0 Å². The van der Waals surface area contributed by atoms with Gasteiger partial charge in [0, 0.05) is 26.1 Å². The molecule has 1 heterocycles. The van der Waals surface area contributed by atoms with E-state index in [0.29, 0.717) is 13.1 Å². The highest BCUT2D eigenvalue weighted by Gasteiger charge is 2.36. The van der Waals surface area contributed by atoms with Crippen LogP contribution in [0.2, 0.25) is 0 Å². The van der Waals surface area contributed by atoms with E-state index in [2.05, 4.69) is 0 Å². The Kier molecular flexibility index (Phi) is 5.86. The maximum Gasteiger partial charge on any atom is 0.323 e. The molecule has 0 radical (unpaired) electrons. The predicted octanol–water partition coefficient (Wildman–Crippen LogP) is 2.15. The molecule has 0 bridgehead atoms. The zero-order valence-electron chi connectivity index (χ0n) is 15.0. The summed E-state index contributed by atoms with van der Waals surface area (Å²) in [5, 5.41) is 9.18. The van der Waals surface area contributed by atoms with Gasteiger partial charge in [0.25, 0.3) is 0 Å². The summed E-state index contributed by atoms with van der Waals surface area (Å²) in [6, 6.07) is 18.9. The number of rotatable bonds is 7. The van der Waals surface area contributed by atoms with Gasteiger partial charge in [-0.3, -0.25) is 14.4 Å². The van der Waals surface area contributed by atoms with Crippen molar-refractivity contribution in [1.29, 1.82) is 0 Å². The molecule has 0 aliphatic carbocycles. The van der Waals surface area contributed by atoms with Gasteiger partial charge in [0.05, 0.1) is 5.92 Å². The summed E-state index contributed by atoms with van der Waals surface area (Å²) >= 11 is 0. The number of likely N-dealkylation sites (tertiary alicyclic amines) is 1. The van der Waals surface area contributed by atoms with E-state index >= 15 is 0 Å². The minimum atomic E-state index is -1.07. The van der Waals surface area contributed by atoms with Crippen LogP contribution in [0.1, 0.15) is 17.5 Å². The molecule has 1 saturated heterocycles.